The third kappa shape index (κ3) is 5.18. The van der Waals surface area contributed by atoms with E-state index in [1.165, 1.54) is 11.3 Å². The van der Waals surface area contributed by atoms with Gasteiger partial charge >= 0.3 is 12.1 Å². The molecule has 1 heterocycles. The lowest BCUT2D eigenvalue weighted by molar-refractivity contribution is -0.139. The zero-order valence-electron chi connectivity index (χ0n) is 10.2. The molecule has 1 amide bonds. The molecular formula is C12H17NO4S. The van der Waals surface area contributed by atoms with Crippen LogP contribution in [0.3, 0.4) is 0 Å². The van der Waals surface area contributed by atoms with Gasteiger partial charge < -0.3 is 15.2 Å². The standard InChI is InChI=1S/C12H17NO4S/c1-2-3-5-17-12(16)13-10(11(14)15)7-9-4-6-18-8-9/h4,6,8,10H,2-3,5,7H2,1H3,(H,13,16)(H,14,15). The van der Waals surface area contributed by atoms with Crippen molar-refractivity contribution in [1.29, 1.82) is 0 Å². The monoisotopic (exact) mass is 271 g/mol. The average Bonchev–Trinajstić information content (AvgIpc) is 2.81. The van der Waals surface area contributed by atoms with Crippen LogP contribution in [0.4, 0.5) is 4.79 Å². The quantitative estimate of drug-likeness (QED) is 0.746. The van der Waals surface area contributed by atoms with E-state index in [0.717, 1.165) is 18.4 Å². The van der Waals surface area contributed by atoms with Gasteiger partial charge in [-0.3, -0.25) is 0 Å². The van der Waals surface area contributed by atoms with E-state index in [1.54, 1.807) is 0 Å². The molecule has 1 rings (SSSR count). The molecule has 100 valence electrons. The highest BCUT2D eigenvalue weighted by Crippen LogP contribution is 2.09. The molecule has 5 nitrogen and oxygen atoms in total. The number of carbonyl (C=O) groups is 2. The van der Waals surface area contributed by atoms with Crippen LogP contribution in [0.25, 0.3) is 0 Å². The predicted octanol–water partition coefficient (Wildman–Crippen LogP) is 2.27. The van der Waals surface area contributed by atoms with E-state index >= 15 is 0 Å². The number of carbonyl (C=O) groups excluding carboxylic acids is 1. The molecular weight excluding hydrogens is 254 g/mol. The van der Waals surface area contributed by atoms with Gasteiger partial charge in [-0.25, -0.2) is 9.59 Å². The third-order valence-electron chi connectivity index (χ3n) is 2.34. The molecule has 0 aliphatic rings. The van der Waals surface area contributed by atoms with Gasteiger partial charge in [0.25, 0.3) is 0 Å². The Bertz CT molecular complexity index is 377. The fourth-order valence-corrected chi connectivity index (χ4v) is 2.02. The van der Waals surface area contributed by atoms with Crippen LogP contribution < -0.4 is 5.32 Å². The van der Waals surface area contributed by atoms with Gasteiger partial charge in [-0.15, -0.1) is 0 Å². The maximum absolute atomic E-state index is 11.4. The van der Waals surface area contributed by atoms with E-state index in [2.05, 4.69) is 5.32 Å². The summed E-state index contributed by atoms with van der Waals surface area (Å²) in [5.41, 5.74) is 0.890. The van der Waals surface area contributed by atoms with Crippen LogP contribution in [0.5, 0.6) is 0 Å². The summed E-state index contributed by atoms with van der Waals surface area (Å²) < 4.78 is 4.87. The molecule has 2 N–H and O–H groups in total. The first-order chi connectivity index (χ1) is 8.63. The molecule has 0 radical (unpaired) electrons. The van der Waals surface area contributed by atoms with Crippen LogP contribution in [0.15, 0.2) is 16.8 Å². The lowest BCUT2D eigenvalue weighted by atomic mass is 10.1. The maximum atomic E-state index is 11.4. The summed E-state index contributed by atoms with van der Waals surface area (Å²) in [7, 11) is 0. The first-order valence-corrected chi connectivity index (χ1v) is 6.75. The lowest BCUT2D eigenvalue weighted by Crippen LogP contribution is -2.42. The molecule has 0 aromatic carbocycles. The van der Waals surface area contributed by atoms with E-state index in [9.17, 15) is 9.59 Å². The fourth-order valence-electron chi connectivity index (χ4n) is 1.34. The van der Waals surface area contributed by atoms with Gasteiger partial charge in [0.1, 0.15) is 6.04 Å². The van der Waals surface area contributed by atoms with Crippen LogP contribution in [0.2, 0.25) is 0 Å². The molecule has 1 aromatic heterocycles. The number of ether oxygens (including phenoxy) is 1. The number of thiophene rings is 1. The van der Waals surface area contributed by atoms with Crippen molar-refractivity contribution < 1.29 is 19.4 Å². The highest BCUT2D eigenvalue weighted by Gasteiger charge is 2.21. The first-order valence-electron chi connectivity index (χ1n) is 5.80. The van der Waals surface area contributed by atoms with E-state index in [4.69, 9.17) is 9.84 Å². The molecule has 0 saturated heterocycles. The Hall–Kier alpha value is -1.56. The number of carboxylic acid groups (broad SMARTS) is 1. The van der Waals surface area contributed by atoms with Crippen molar-refractivity contribution in [2.45, 2.75) is 32.2 Å². The Morgan fingerprint density at radius 2 is 2.33 bits per heavy atom. The minimum atomic E-state index is -1.06. The second-order valence-electron chi connectivity index (χ2n) is 3.86. The van der Waals surface area contributed by atoms with E-state index in [1.807, 2.05) is 23.8 Å². The van der Waals surface area contributed by atoms with Gasteiger partial charge in [0, 0.05) is 6.42 Å². The minimum Gasteiger partial charge on any atom is -0.480 e. The predicted molar refractivity (Wildman–Crippen MR) is 68.8 cm³/mol. The number of amides is 1. The topological polar surface area (TPSA) is 75.6 Å². The number of hydrogen-bond donors (Lipinski definition) is 2. The lowest BCUT2D eigenvalue weighted by Gasteiger charge is -2.13. The van der Waals surface area contributed by atoms with Crippen molar-refractivity contribution in [3.8, 4) is 0 Å². The molecule has 6 heteroatoms. The Kier molecular flexibility index (Phi) is 6.21. The van der Waals surface area contributed by atoms with Crippen LogP contribution in [-0.2, 0) is 16.0 Å². The Balaban J connectivity index is 2.42. The molecule has 0 saturated carbocycles. The number of carboxylic acids is 1. The summed E-state index contributed by atoms with van der Waals surface area (Å²) in [4.78, 5) is 22.4. The van der Waals surface area contributed by atoms with E-state index < -0.39 is 18.1 Å². The number of nitrogens with one attached hydrogen (secondary N) is 1. The van der Waals surface area contributed by atoms with Gasteiger partial charge in [0.05, 0.1) is 6.61 Å². The minimum absolute atomic E-state index is 0.266. The van der Waals surface area contributed by atoms with Gasteiger partial charge in [0.2, 0.25) is 0 Å². The number of aliphatic carboxylic acids is 1. The summed E-state index contributed by atoms with van der Waals surface area (Å²) in [5, 5.41) is 15.1. The molecule has 18 heavy (non-hydrogen) atoms. The zero-order valence-corrected chi connectivity index (χ0v) is 11.0. The maximum Gasteiger partial charge on any atom is 0.407 e. The van der Waals surface area contributed by atoms with E-state index in [-0.39, 0.29) is 6.42 Å². The van der Waals surface area contributed by atoms with Crippen molar-refractivity contribution in [3.63, 3.8) is 0 Å². The largest absolute Gasteiger partial charge is 0.480 e. The van der Waals surface area contributed by atoms with Gasteiger partial charge in [-0.2, -0.15) is 11.3 Å². The first kappa shape index (κ1) is 14.5. The Morgan fingerprint density at radius 3 is 2.89 bits per heavy atom. The van der Waals surface area contributed by atoms with E-state index in [0.29, 0.717) is 6.61 Å². The van der Waals surface area contributed by atoms with Crippen LogP contribution in [-0.4, -0.2) is 29.8 Å². The van der Waals surface area contributed by atoms with Crippen molar-refractivity contribution >= 4 is 23.4 Å². The van der Waals surface area contributed by atoms with Crippen molar-refractivity contribution in [1.82, 2.24) is 5.32 Å². The summed E-state index contributed by atoms with van der Waals surface area (Å²) in [5.74, 6) is -1.06. The second-order valence-corrected chi connectivity index (χ2v) is 4.64. The van der Waals surface area contributed by atoms with Crippen molar-refractivity contribution in [2.24, 2.45) is 0 Å². The molecule has 1 aromatic rings. The van der Waals surface area contributed by atoms with Crippen LogP contribution in [0, 0.1) is 0 Å². The molecule has 0 spiro atoms. The van der Waals surface area contributed by atoms with Gasteiger partial charge in [-0.05, 0) is 28.8 Å². The fraction of sp³-hybridized carbons (Fsp3) is 0.500. The van der Waals surface area contributed by atoms with Gasteiger partial charge in [-0.1, -0.05) is 13.3 Å². The molecule has 1 unspecified atom stereocenters. The normalized spacial score (nSPS) is 11.8. The molecule has 0 fully saturated rings. The number of alkyl carbamates (subject to hydrolysis) is 1. The SMILES string of the molecule is CCCCOC(=O)NC(Cc1ccsc1)C(=O)O. The Morgan fingerprint density at radius 1 is 1.56 bits per heavy atom. The van der Waals surface area contributed by atoms with Gasteiger partial charge in [0.15, 0.2) is 0 Å². The summed E-state index contributed by atoms with van der Waals surface area (Å²) >= 11 is 1.49. The molecule has 0 aliphatic carbocycles. The molecule has 0 aliphatic heterocycles. The summed E-state index contributed by atoms with van der Waals surface area (Å²) in [6.07, 6.45) is 1.29. The zero-order chi connectivity index (χ0) is 13.4. The smallest absolute Gasteiger partial charge is 0.407 e. The average molecular weight is 271 g/mol. The summed E-state index contributed by atoms with van der Waals surface area (Å²) in [6, 6.07) is 0.888. The number of rotatable bonds is 7. The highest BCUT2D eigenvalue weighted by atomic mass is 32.1. The van der Waals surface area contributed by atoms with Crippen LogP contribution >= 0.6 is 11.3 Å². The van der Waals surface area contributed by atoms with Crippen molar-refractivity contribution in [3.05, 3.63) is 22.4 Å². The third-order valence-corrected chi connectivity index (χ3v) is 3.07. The summed E-state index contributed by atoms with van der Waals surface area (Å²) in [6.45, 7) is 2.30. The number of hydrogen-bond acceptors (Lipinski definition) is 4. The van der Waals surface area contributed by atoms with Crippen LogP contribution in [0.1, 0.15) is 25.3 Å². The molecule has 1 atom stereocenters. The number of unbranched alkanes of at least 4 members (excludes halogenated alkanes) is 1. The van der Waals surface area contributed by atoms with Crippen molar-refractivity contribution in [2.75, 3.05) is 6.61 Å². The molecule has 0 bridgehead atoms. The second kappa shape index (κ2) is 7.71. The highest BCUT2D eigenvalue weighted by molar-refractivity contribution is 7.07. The Labute approximate surface area is 110 Å².